The van der Waals surface area contributed by atoms with Crippen LogP contribution in [0.4, 0.5) is 0 Å². The van der Waals surface area contributed by atoms with Gasteiger partial charge in [-0.05, 0) is 49.4 Å². The molecule has 2 fully saturated rings. The van der Waals surface area contributed by atoms with Crippen molar-refractivity contribution in [1.82, 2.24) is 5.32 Å². The zero-order valence-corrected chi connectivity index (χ0v) is 16.2. The van der Waals surface area contributed by atoms with Crippen molar-refractivity contribution < 1.29 is 13.6 Å². The molecule has 3 unspecified atom stereocenters. The summed E-state index contributed by atoms with van der Waals surface area (Å²) >= 11 is 0. The van der Waals surface area contributed by atoms with Crippen LogP contribution in [0, 0.1) is 5.92 Å². The van der Waals surface area contributed by atoms with Gasteiger partial charge in [-0.1, -0.05) is 54.6 Å². The van der Waals surface area contributed by atoms with Gasteiger partial charge in [-0.2, -0.15) is 0 Å². The van der Waals surface area contributed by atoms with Crippen LogP contribution in [0.3, 0.4) is 0 Å². The third kappa shape index (κ3) is 2.76. The number of hydrogen-bond donors (Lipinski definition) is 1. The number of nitrogens with one attached hydrogen (secondary N) is 1. The van der Waals surface area contributed by atoms with Crippen LogP contribution in [0.15, 0.2) is 54.6 Å². The number of hydrogen-bond acceptors (Lipinski definition) is 4. The molecule has 0 amide bonds. The van der Waals surface area contributed by atoms with Crippen LogP contribution in [0.2, 0.25) is 0 Å². The Balaban J connectivity index is 1.64. The molecule has 2 aromatic carbocycles. The second kappa shape index (κ2) is 6.94. The minimum absolute atomic E-state index is 0.0151. The van der Waals surface area contributed by atoms with Gasteiger partial charge in [0, 0.05) is 6.04 Å². The van der Waals surface area contributed by atoms with Crippen molar-refractivity contribution in [2.24, 2.45) is 5.92 Å². The molecular formula is C21H26NO3P. The molecule has 1 saturated heterocycles. The molecular weight excluding hydrogens is 345 g/mol. The van der Waals surface area contributed by atoms with E-state index in [1.165, 1.54) is 11.1 Å². The van der Waals surface area contributed by atoms with E-state index in [0.717, 1.165) is 18.5 Å². The van der Waals surface area contributed by atoms with E-state index in [9.17, 15) is 4.57 Å². The Morgan fingerprint density at radius 1 is 1.00 bits per heavy atom. The fraction of sp³-hybridized carbons (Fsp3) is 0.429. The Kier molecular flexibility index (Phi) is 4.79. The molecule has 0 spiro atoms. The number of fused-ring (bicyclic) bond motifs is 1. The van der Waals surface area contributed by atoms with Crippen LogP contribution in [-0.2, 0) is 13.6 Å². The van der Waals surface area contributed by atoms with Gasteiger partial charge in [-0.15, -0.1) is 0 Å². The molecule has 26 heavy (non-hydrogen) atoms. The van der Waals surface area contributed by atoms with Crippen molar-refractivity contribution in [3.05, 3.63) is 60.2 Å². The minimum Gasteiger partial charge on any atom is -0.309 e. The zero-order chi connectivity index (χ0) is 18.2. The molecule has 4 nitrogen and oxygen atoms in total. The molecule has 4 rings (SSSR count). The average molecular weight is 371 g/mol. The van der Waals surface area contributed by atoms with Crippen molar-refractivity contribution >= 4 is 7.60 Å². The molecule has 1 heterocycles. The van der Waals surface area contributed by atoms with Gasteiger partial charge in [0.15, 0.2) is 0 Å². The van der Waals surface area contributed by atoms with E-state index >= 15 is 0 Å². The number of benzene rings is 2. The first-order valence-electron chi connectivity index (χ1n) is 9.42. The highest BCUT2D eigenvalue weighted by Crippen LogP contribution is 2.79. The predicted octanol–water partition coefficient (Wildman–Crippen LogP) is 5.02. The van der Waals surface area contributed by atoms with Crippen molar-refractivity contribution in [1.29, 1.82) is 0 Å². The van der Waals surface area contributed by atoms with Crippen molar-refractivity contribution in [3.8, 4) is 11.1 Å². The molecule has 2 aromatic rings. The summed E-state index contributed by atoms with van der Waals surface area (Å²) in [7, 11) is -3.16. The smallest absolute Gasteiger partial charge is 0.309 e. The Morgan fingerprint density at radius 2 is 1.62 bits per heavy atom. The maximum absolute atomic E-state index is 13.6. The monoisotopic (exact) mass is 371 g/mol. The summed E-state index contributed by atoms with van der Waals surface area (Å²) in [5.74, 6) is 0.366. The topological polar surface area (TPSA) is 47.6 Å². The molecule has 0 bridgehead atoms. The van der Waals surface area contributed by atoms with Gasteiger partial charge in [0.25, 0.3) is 0 Å². The lowest BCUT2D eigenvalue weighted by molar-refractivity contribution is 0.204. The third-order valence-electron chi connectivity index (χ3n) is 5.65. The number of rotatable bonds is 7. The van der Waals surface area contributed by atoms with Gasteiger partial charge in [-0.3, -0.25) is 4.57 Å². The first kappa shape index (κ1) is 17.9. The van der Waals surface area contributed by atoms with E-state index in [0.29, 0.717) is 19.1 Å². The largest absolute Gasteiger partial charge is 0.338 e. The van der Waals surface area contributed by atoms with Gasteiger partial charge in [0.05, 0.1) is 18.4 Å². The van der Waals surface area contributed by atoms with E-state index in [2.05, 4.69) is 41.7 Å². The summed E-state index contributed by atoms with van der Waals surface area (Å²) in [6, 6.07) is 18.9. The minimum atomic E-state index is -3.16. The molecule has 0 radical (unpaired) electrons. The first-order valence-corrected chi connectivity index (χ1v) is 11.0. The van der Waals surface area contributed by atoms with Gasteiger partial charge < -0.3 is 14.4 Å². The molecule has 1 N–H and O–H groups in total. The molecule has 1 saturated carbocycles. The van der Waals surface area contributed by atoms with Crippen LogP contribution in [0.1, 0.15) is 31.9 Å². The van der Waals surface area contributed by atoms with Gasteiger partial charge in [0.1, 0.15) is 0 Å². The zero-order valence-electron chi connectivity index (χ0n) is 15.4. The molecule has 2 aliphatic rings. The second-order valence-electron chi connectivity index (χ2n) is 7.05. The second-order valence-corrected chi connectivity index (χ2v) is 9.40. The summed E-state index contributed by atoms with van der Waals surface area (Å²) in [4.78, 5) is 0. The normalized spacial score (nSPS) is 27.3. The van der Waals surface area contributed by atoms with Crippen LogP contribution in [0.25, 0.3) is 11.1 Å². The maximum atomic E-state index is 13.6. The summed E-state index contributed by atoms with van der Waals surface area (Å²) in [6.07, 6.45) is 0.905. The fourth-order valence-corrected chi connectivity index (χ4v) is 7.17. The highest BCUT2D eigenvalue weighted by Gasteiger charge is 2.74. The lowest BCUT2D eigenvalue weighted by atomic mass is 9.98. The fourth-order valence-electron chi connectivity index (χ4n) is 4.39. The average Bonchev–Trinajstić information content (AvgIpc) is 3.29. The predicted molar refractivity (Wildman–Crippen MR) is 104 cm³/mol. The van der Waals surface area contributed by atoms with Gasteiger partial charge in [-0.25, -0.2) is 0 Å². The van der Waals surface area contributed by atoms with E-state index in [4.69, 9.17) is 9.05 Å². The molecule has 3 atom stereocenters. The first-order chi connectivity index (χ1) is 12.6. The Bertz CT molecular complexity index is 798. The summed E-state index contributed by atoms with van der Waals surface area (Å²) in [6.45, 7) is 5.45. The lowest BCUT2D eigenvalue weighted by Gasteiger charge is -2.31. The summed E-state index contributed by atoms with van der Waals surface area (Å²) in [5, 5.41) is 3.15. The standard InChI is InChI=1S/C21H26NO3P/c1-3-24-26(23,25-4-2)21-14-19(21)15-22-20(21)18-12-10-17(11-13-18)16-8-6-5-7-9-16/h5-13,19-20,22H,3-4,14-15H2,1-2H3. The lowest BCUT2D eigenvalue weighted by Crippen LogP contribution is -2.29. The van der Waals surface area contributed by atoms with Gasteiger partial charge in [0.2, 0.25) is 0 Å². The summed E-state index contributed by atoms with van der Waals surface area (Å²) in [5.41, 5.74) is 3.54. The Labute approximate surface area is 155 Å². The molecule has 1 aliphatic heterocycles. The van der Waals surface area contributed by atoms with E-state index in [-0.39, 0.29) is 6.04 Å². The molecule has 138 valence electrons. The van der Waals surface area contributed by atoms with Crippen molar-refractivity contribution in [2.75, 3.05) is 19.8 Å². The van der Waals surface area contributed by atoms with Crippen molar-refractivity contribution in [2.45, 2.75) is 31.5 Å². The third-order valence-corrected chi connectivity index (χ3v) is 8.67. The van der Waals surface area contributed by atoms with Crippen LogP contribution in [0.5, 0.6) is 0 Å². The highest BCUT2D eigenvalue weighted by atomic mass is 31.2. The SMILES string of the molecule is CCOP(=O)(OCC)C12CC1CNC2c1ccc(-c2ccccc2)cc1. The van der Waals surface area contributed by atoms with Crippen LogP contribution < -0.4 is 5.32 Å². The molecule has 5 heteroatoms. The Morgan fingerprint density at radius 3 is 2.19 bits per heavy atom. The van der Waals surface area contributed by atoms with Crippen LogP contribution >= 0.6 is 7.60 Å². The Hall–Kier alpha value is -1.45. The highest BCUT2D eigenvalue weighted by molar-refractivity contribution is 7.56. The molecule has 1 aliphatic carbocycles. The quantitative estimate of drug-likeness (QED) is 0.694. The van der Waals surface area contributed by atoms with Gasteiger partial charge >= 0.3 is 7.60 Å². The van der Waals surface area contributed by atoms with E-state index < -0.39 is 12.8 Å². The van der Waals surface area contributed by atoms with E-state index in [1.807, 2.05) is 32.0 Å². The molecule has 0 aromatic heterocycles. The maximum Gasteiger partial charge on any atom is 0.338 e. The summed E-state index contributed by atoms with van der Waals surface area (Å²) < 4.78 is 25.0. The number of piperidine rings is 1. The van der Waals surface area contributed by atoms with Crippen LogP contribution in [-0.4, -0.2) is 24.9 Å². The van der Waals surface area contributed by atoms with E-state index in [1.54, 1.807) is 0 Å². The van der Waals surface area contributed by atoms with Crippen molar-refractivity contribution in [3.63, 3.8) is 0 Å².